The summed E-state index contributed by atoms with van der Waals surface area (Å²) in [6, 6.07) is 27.3. The van der Waals surface area contributed by atoms with Crippen LogP contribution in [0, 0.1) is 6.92 Å². The summed E-state index contributed by atoms with van der Waals surface area (Å²) in [5.41, 5.74) is 12.7. The molecule has 0 aromatic heterocycles. The summed E-state index contributed by atoms with van der Waals surface area (Å²) in [4.78, 5) is 0. The maximum absolute atomic E-state index is 3.26. The van der Waals surface area contributed by atoms with Gasteiger partial charge in [0.1, 0.15) is 0 Å². The lowest BCUT2D eigenvalue weighted by molar-refractivity contribution is 0.801. The molecule has 0 fully saturated rings. The van der Waals surface area contributed by atoms with Gasteiger partial charge in [0.15, 0.2) is 0 Å². The zero-order valence-electron chi connectivity index (χ0n) is 12.7. The van der Waals surface area contributed by atoms with Crippen LogP contribution < -0.4 is 10.9 Å². The second-order valence-corrected chi connectivity index (χ2v) is 5.36. The summed E-state index contributed by atoms with van der Waals surface area (Å²) in [7, 11) is 0. The summed E-state index contributed by atoms with van der Waals surface area (Å²) < 4.78 is 0. The monoisotopic (exact) mass is 288 g/mol. The third-order valence-corrected chi connectivity index (χ3v) is 3.68. The van der Waals surface area contributed by atoms with Gasteiger partial charge in [-0.05, 0) is 47.4 Å². The van der Waals surface area contributed by atoms with E-state index in [4.69, 9.17) is 0 Å². The number of aryl methyl sites for hydroxylation is 1. The molecule has 2 nitrogen and oxygen atoms in total. The zero-order valence-corrected chi connectivity index (χ0v) is 12.7. The molecule has 0 saturated carbocycles. The van der Waals surface area contributed by atoms with E-state index in [0.717, 1.165) is 12.2 Å². The van der Waals surface area contributed by atoms with Crippen molar-refractivity contribution in [3.63, 3.8) is 0 Å². The fourth-order valence-corrected chi connectivity index (χ4v) is 2.52. The van der Waals surface area contributed by atoms with Crippen LogP contribution in [-0.2, 0) is 6.54 Å². The molecular weight excluding hydrogens is 268 g/mol. The molecule has 0 aliphatic heterocycles. The van der Waals surface area contributed by atoms with Crippen LogP contribution in [0.15, 0.2) is 78.9 Å². The molecule has 110 valence electrons. The van der Waals surface area contributed by atoms with Gasteiger partial charge in [0, 0.05) is 12.2 Å². The van der Waals surface area contributed by atoms with E-state index >= 15 is 0 Å². The van der Waals surface area contributed by atoms with Crippen molar-refractivity contribution in [2.24, 2.45) is 0 Å². The van der Waals surface area contributed by atoms with Gasteiger partial charge in [0.25, 0.3) is 0 Å². The molecule has 0 saturated heterocycles. The first-order valence-electron chi connectivity index (χ1n) is 7.52. The molecule has 3 rings (SSSR count). The quantitative estimate of drug-likeness (QED) is 0.660. The fraction of sp³-hybridized carbons (Fsp3) is 0.100. The number of para-hydroxylation sites is 1. The van der Waals surface area contributed by atoms with Crippen LogP contribution >= 0.6 is 0 Å². The average molecular weight is 288 g/mol. The second-order valence-electron chi connectivity index (χ2n) is 5.36. The van der Waals surface area contributed by atoms with Gasteiger partial charge in [0.2, 0.25) is 0 Å². The highest BCUT2D eigenvalue weighted by Crippen LogP contribution is 2.23. The Bertz CT molecular complexity index is 735. The van der Waals surface area contributed by atoms with Crippen molar-refractivity contribution in [1.29, 1.82) is 0 Å². The second kappa shape index (κ2) is 6.92. The van der Waals surface area contributed by atoms with Gasteiger partial charge in [-0.25, -0.2) is 5.43 Å². The fourth-order valence-electron chi connectivity index (χ4n) is 2.52. The normalized spacial score (nSPS) is 10.4. The number of rotatable bonds is 5. The third-order valence-electron chi connectivity index (χ3n) is 3.68. The standard InChI is InChI=1S/C20H20N2/c1-16-8-5-6-13-20(16)18-10-7-9-17(14-18)15-21-22-19-11-3-2-4-12-19/h2-14,21-22H,15H2,1H3. The molecule has 0 aliphatic carbocycles. The Morgan fingerprint density at radius 2 is 1.55 bits per heavy atom. The number of hydrazine groups is 1. The summed E-state index contributed by atoms with van der Waals surface area (Å²) in [5, 5.41) is 0. The van der Waals surface area contributed by atoms with E-state index in [1.54, 1.807) is 0 Å². The number of nitrogens with one attached hydrogen (secondary N) is 2. The Morgan fingerprint density at radius 3 is 2.36 bits per heavy atom. The third kappa shape index (κ3) is 3.54. The minimum absolute atomic E-state index is 0.772. The maximum Gasteiger partial charge on any atom is 0.0487 e. The lowest BCUT2D eigenvalue weighted by atomic mass is 9.99. The van der Waals surface area contributed by atoms with Crippen LogP contribution in [0.25, 0.3) is 11.1 Å². The molecule has 0 spiro atoms. The van der Waals surface area contributed by atoms with Gasteiger partial charge < -0.3 is 5.43 Å². The Labute approximate surface area is 131 Å². The molecule has 0 amide bonds. The molecular formula is C20H20N2. The van der Waals surface area contributed by atoms with E-state index in [-0.39, 0.29) is 0 Å². The first kappa shape index (κ1) is 14.4. The van der Waals surface area contributed by atoms with Crippen molar-refractivity contribution in [2.45, 2.75) is 13.5 Å². The largest absolute Gasteiger partial charge is 0.321 e. The smallest absolute Gasteiger partial charge is 0.0487 e. The molecule has 0 bridgehead atoms. The molecule has 0 radical (unpaired) electrons. The Kier molecular flexibility index (Phi) is 4.52. The highest BCUT2D eigenvalue weighted by Gasteiger charge is 2.02. The highest BCUT2D eigenvalue weighted by molar-refractivity contribution is 5.67. The number of hydrogen-bond acceptors (Lipinski definition) is 2. The Hall–Kier alpha value is -2.58. The van der Waals surface area contributed by atoms with E-state index in [2.05, 4.69) is 66.3 Å². The number of anilines is 1. The van der Waals surface area contributed by atoms with Gasteiger partial charge in [-0.1, -0.05) is 60.7 Å². The summed E-state index contributed by atoms with van der Waals surface area (Å²) in [5.74, 6) is 0. The van der Waals surface area contributed by atoms with Crippen molar-refractivity contribution in [3.8, 4) is 11.1 Å². The average Bonchev–Trinajstić information content (AvgIpc) is 2.57. The predicted octanol–water partition coefficient (Wildman–Crippen LogP) is 4.78. The van der Waals surface area contributed by atoms with Crippen LogP contribution in [0.1, 0.15) is 11.1 Å². The van der Waals surface area contributed by atoms with Crippen molar-refractivity contribution in [1.82, 2.24) is 5.43 Å². The molecule has 0 unspecified atom stereocenters. The minimum atomic E-state index is 0.772. The molecule has 2 N–H and O–H groups in total. The van der Waals surface area contributed by atoms with Crippen LogP contribution in [0.2, 0.25) is 0 Å². The van der Waals surface area contributed by atoms with Gasteiger partial charge in [0.05, 0.1) is 0 Å². The number of hydrogen-bond donors (Lipinski definition) is 2. The predicted molar refractivity (Wildman–Crippen MR) is 93.5 cm³/mol. The van der Waals surface area contributed by atoms with E-state index < -0.39 is 0 Å². The molecule has 22 heavy (non-hydrogen) atoms. The summed E-state index contributed by atoms with van der Waals surface area (Å²) in [6.45, 7) is 2.92. The molecule has 0 aliphatic rings. The van der Waals surface area contributed by atoms with Crippen LogP contribution in [0.3, 0.4) is 0 Å². The van der Waals surface area contributed by atoms with Crippen LogP contribution in [0.5, 0.6) is 0 Å². The zero-order chi connectivity index (χ0) is 15.2. The van der Waals surface area contributed by atoms with Crippen LogP contribution in [-0.4, -0.2) is 0 Å². The molecule has 0 atom stereocenters. The van der Waals surface area contributed by atoms with Crippen molar-refractivity contribution < 1.29 is 0 Å². The van der Waals surface area contributed by atoms with E-state index in [0.29, 0.717) is 0 Å². The van der Waals surface area contributed by atoms with E-state index in [9.17, 15) is 0 Å². The highest BCUT2D eigenvalue weighted by atomic mass is 15.3. The topological polar surface area (TPSA) is 24.1 Å². The first-order chi connectivity index (χ1) is 10.8. The molecule has 2 heteroatoms. The summed E-state index contributed by atoms with van der Waals surface area (Å²) in [6.07, 6.45) is 0. The van der Waals surface area contributed by atoms with E-state index in [1.807, 2.05) is 30.3 Å². The molecule has 0 heterocycles. The number of benzene rings is 3. The molecule has 3 aromatic rings. The first-order valence-corrected chi connectivity index (χ1v) is 7.52. The van der Waals surface area contributed by atoms with Crippen molar-refractivity contribution in [3.05, 3.63) is 90.0 Å². The molecule has 3 aromatic carbocycles. The SMILES string of the molecule is Cc1ccccc1-c1cccc(CNNc2ccccc2)c1. The summed E-state index contributed by atoms with van der Waals surface area (Å²) >= 11 is 0. The minimum Gasteiger partial charge on any atom is -0.321 e. The lowest BCUT2D eigenvalue weighted by Crippen LogP contribution is -2.20. The Morgan fingerprint density at radius 1 is 0.773 bits per heavy atom. The van der Waals surface area contributed by atoms with Gasteiger partial charge in [-0.2, -0.15) is 0 Å². The maximum atomic E-state index is 3.26. The van der Waals surface area contributed by atoms with Gasteiger partial charge in [-0.3, -0.25) is 0 Å². The lowest BCUT2D eigenvalue weighted by Gasteiger charge is -2.10. The van der Waals surface area contributed by atoms with Crippen LogP contribution in [0.4, 0.5) is 5.69 Å². The van der Waals surface area contributed by atoms with Gasteiger partial charge >= 0.3 is 0 Å². The van der Waals surface area contributed by atoms with Gasteiger partial charge in [-0.15, -0.1) is 0 Å². The van der Waals surface area contributed by atoms with Crippen molar-refractivity contribution in [2.75, 3.05) is 5.43 Å². The van der Waals surface area contributed by atoms with Crippen molar-refractivity contribution >= 4 is 5.69 Å². The Balaban J connectivity index is 1.68. The van der Waals surface area contributed by atoms with E-state index in [1.165, 1.54) is 22.3 Å².